The lowest BCUT2D eigenvalue weighted by molar-refractivity contribution is 0.346. The van der Waals surface area contributed by atoms with Crippen molar-refractivity contribution in [3.63, 3.8) is 0 Å². The smallest absolute Gasteiger partial charge is 0.183 e. The molecule has 0 fully saturated rings. The molecule has 0 aliphatic rings. The molecule has 0 aliphatic carbocycles. The van der Waals surface area contributed by atoms with Gasteiger partial charge in [0.15, 0.2) is 11.5 Å². The van der Waals surface area contributed by atoms with E-state index in [0.717, 1.165) is 11.5 Å². The molecular formula is C14H18N2O3. The monoisotopic (exact) mass is 262 g/mol. The second-order valence-electron chi connectivity index (χ2n) is 4.11. The first-order valence-electron chi connectivity index (χ1n) is 6.09. The summed E-state index contributed by atoms with van der Waals surface area (Å²) in [6.07, 6.45) is 3.37. The average molecular weight is 262 g/mol. The van der Waals surface area contributed by atoms with E-state index in [-0.39, 0.29) is 6.04 Å². The highest BCUT2D eigenvalue weighted by atomic mass is 16.5. The van der Waals surface area contributed by atoms with E-state index in [1.165, 1.54) is 0 Å². The van der Waals surface area contributed by atoms with Gasteiger partial charge in [-0.25, -0.2) is 0 Å². The summed E-state index contributed by atoms with van der Waals surface area (Å²) in [6, 6.07) is 5.69. The molecule has 1 atom stereocenters. The summed E-state index contributed by atoms with van der Waals surface area (Å²) in [5.41, 5.74) is 0.806. The molecule has 0 bridgehead atoms. The van der Waals surface area contributed by atoms with Crippen LogP contribution < -0.4 is 14.8 Å². The van der Waals surface area contributed by atoms with Gasteiger partial charge in [0.2, 0.25) is 0 Å². The molecule has 2 aromatic rings. The Hall–Kier alpha value is -2.01. The van der Waals surface area contributed by atoms with Crippen LogP contribution in [0.15, 0.2) is 35.1 Å². The fraction of sp³-hybridized carbons (Fsp3) is 0.357. The third kappa shape index (κ3) is 3.06. The van der Waals surface area contributed by atoms with E-state index in [2.05, 4.69) is 10.3 Å². The van der Waals surface area contributed by atoms with Gasteiger partial charge in [0.05, 0.1) is 32.2 Å². The molecule has 5 heteroatoms. The molecule has 0 saturated heterocycles. The zero-order valence-electron chi connectivity index (χ0n) is 11.3. The lowest BCUT2D eigenvalue weighted by Gasteiger charge is -2.14. The van der Waals surface area contributed by atoms with Crippen molar-refractivity contribution in [2.45, 2.75) is 19.5 Å². The van der Waals surface area contributed by atoms with Crippen molar-refractivity contribution >= 4 is 0 Å². The number of furan rings is 1. The third-order valence-electron chi connectivity index (χ3n) is 2.91. The normalized spacial score (nSPS) is 12.2. The first-order valence-corrected chi connectivity index (χ1v) is 6.09. The molecule has 0 aromatic carbocycles. The highest BCUT2D eigenvalue weighted by molar-refractivity contribution is 5.42. The van der Waals surface area contributed by atoms with Gasteiger partial charge >= 0.3 is 0 Å². The van der Waals surface area contributed by atoms with Gasteiger partial charge in [-0.15, -0.1) is 0 Å². The summed E-state index contributed by atoms with van der Waals surface area (Å²) < 4.78 is 15.9. The molecule has 102 valence electrons. The highest BCUT2D eigenvalue weighted by Crippen LogP contribution is 2.29. The first-order chi connectivity index (χ1) is 9.26. The number of ether oxygens (including phenoxy) is 2. The summed E-state index contributed by atoms with van der Waals surface area (Å²) >= 11 is 0. The predicted octanol–water partition coefficient (Wildman–Crippen LogP) is 2.54. The number of pyridine rings is 1. The second-order valence-corrected chi connectivity index (χ2v) is 4.11. The molecule has 2 heterocycles. The van der Waals surface area contributed by atoms with Crippen LogP contribution in [0, 0.1) is 0 Å². The molecule has 0 amide bonds. The topological polar surface area (TPSA) is 56.5 Å². The average Bonchev–Trinajstić information content (AvgIpc) is 2.98. The Labute approximate surface area is 112 Å². The summed E-state index contributed by atoms with van der Waals surface area (Å²) in [5, 5.41) is 3.34. The quantitative estimate of drug-likeness (QED) is 0.867. The minimum absolute atomic E-state index is 0.104. The van der Waals surface area contributed by atoms with E-state index in [1.807, 2.05) is 19.1 Å². The first kappa shape index (κ1) is 13.4. The van der Waals surface area contributed by atoms with Gasteiger partial charge in [-0.05, 0) is 19.1 Å². The Morgan fingerprint density at radius 1 is 1.32 bits per heavy atom. The number of methoxy groups -OCH3 is 2. The van der Waals surface area contributed by atoms with Gasteiger partial charge < -0.3 is 19.2 Å². The summed E-state index contributed by atoms with van der Waals surface area (Å²) in [6.45, 7) is 2.60. The van der Waals surface area contributed by atoms with E-state index < -0.39 is 0 Å². The standard InChI is InChI=1S/C14H18N2O3/c1-10(12-5-4-8-19-12)16-9-11-14(18-3)13(17-2)6-7-15-11/h4-8,10,16H,9H2,1-3H3. The van der Waals surface area contributed by atoms with Crippen LogP contribution in [-0.4, -0.2) is 19.2 Å². The molecule has 0 spiro atoms. The number of hydrogen-bond acceptors (Lipinski definition) is 5. The van der Waals surface area contributed by atoms with Crippen LogP contribution in [0.4, 0.5) is 0 Å². The summed E-state index contributed by atoms with van der Waals surface area (Å²) in [4.78, 5) is 4.31. The molecule has 1 N–H and O–H groups in total. The Morgan fingerprint density at radius 2 is 2.16 bits per heavy atom. The van der Waals surface area contributed by atoms with Crippen LogP contribution in [0.3, 0.4) is 0 Å². The summed E-state index contributed by atoms with van der Waals surface area (Å²) in [7, 11) is 3.22. The maximum Gasteiger partial charge on any atom is 0.183 e. The number of aromatic nitrogens is 1. The fourth-order valence-electron chi connectivity index (χ4n) is 1.86. The van der Waals surface area contributed by atoms with E-state index in [1.54, 1.807) is 32.7 Å². The minimum Gasteiger partial charge on any atom is -0.493 e. The van der Waals surface area contributed by atoms with Gasteiger partial charge in [0, 0.05) is 18.8 Å². The van der Waals surface area contributed by atoms with E-state index in [9.17, 15) is 0 Å². The molecule has 2 aromatic heterocycles. The number of hydrogen-bond donors (Lipinski definition) is 1. The third-order valence-corrected chi connectivity index (χ3v) is 2.91. The van der Waals surface area contributed by atoms with Crippen LogP contribution in [0.2, 0.25) is 0 Å². The molecule has 1 unspecified atom stereocenters. The maximum absolute atomic E-state index is 5.35. The Bertz CT molecular complexity index is 511. The van der Waals surface area contributed by atoms with Crippen molar-refractivity contribution < 1.29 is 13.9 Å². The van der Waals surface area contributed by atoms with Gasteiger partial charge in [-0.2, -0.15) is 0 Å². The second kappa shape index (κ2) is 6.24. The van der Waals surface area contributed by atoms with Crippen LogP contribution in [0.25, 0.3) is 0 Å². The van der Waals surface area contributed by atoms with Crippen LogP contribution in [0.5, 0.6) is 11.5 Å². The Kier molecular flexibility index (Phi) is 4.41. The summed E-state index contributed by atoms with van der Waals surface area (Å²) in [5.74, 6) is 2.23. The van der Waals surface area contributed by atoms with Gasteiger partial charge in [-0.1, -0.05) is 0 Å². The number of rotatable bonds is 6. The zero-order chi connectivity index (χ0) is 13.7. The van der Waals surface area contributed by atoms with Crippen molar-refractivity contribution in [3.8, 4) is 11.5 Å². The van der Waals surface area contributed by atoms with Crippen LogP contribution in [-0.2, 0) is 6.54 Å². The van der Waals surface area contributed by atoms with Crippen LogP contribution >= 0.6 is 0 Å². The molecule has 5 nitrogen and oxygen atoms in total. The van der Waals surface area contributed by atoms with Gasteiger partial charge in [0.25, 0.3) is 0 Å². The number of nitrogens with zero attached hydrogens (tertiary/aromatic N) is 1. The molecule has 2 rings (SSSR count). The lowest BCUT2D eigenvalue weighted by atomic mass is 10.2. The van der Waals surface area contributed by atoms with Crippen LogP contribution in [0.1, 0.15) is 24.4 Å². The van der Waals surface area contributed by atoms with Crippen molar-refractivity contribution in [3.05, 3.63) is 42.1 Å². The van der Waals surface area contributed by atoms with Crippen molar-refractivity contribution in [2.75, 3.05) is 14.2 Å². The van der Waals surface area contributed by atoms with Gasteiger partial charge in [-0.3, -0.25) is 4.98 Å². The zero-order valence-corrected chi connectivity index (χ0v) is 11.3. The van der Waals surface area contributed by atoms with Crippen molar-refractivity contribution in [1.82, 2.24) is 10.3 Å². The minimum atomic E-state index is 0.104. The maximum atomic E-state index is 5.35. The largest absolute Gasteiger partial charge is 0.493 e. The predicted molar refractivity (Wildman–Crippen MR) is 71.3 cm³/mol. The fourth-order valence-corrected chi connectivity index (χ4v) is 1.86. The molecular weight excluding hydrogens is 244 g/mol. The SMILES string of the molecule is COc1ccnc(CNC(C)c2ccco2)c1OC. The molecule has 0 radical (unpaired) electrons. The van der Waals surface area contributed by atoms with Crippen molar-refractivity contribution in [2.24, 2.45) is 0 Å². The number of nitrogens with one attached hydrogen (secondary N) is 1. The molecule has 19 heavy (non-hydrogen) atoms. The highest BCUT2D eigenvalue weighted by Gasteiger charge is 2.13. The van der Waals surface area contributed by atoms with E-state index in [4.69, 9.17) is 13.9 Å². The van der Waals surface area contributed by atoms with Gasteiger partial charge in [0.1, 0.15) is 5.76 Å². The van der Waals surface area contributed by atoms with E-state index >= 15 is 0 Å². The van der Waals surface area contributed by atoms with E-state index in [0.29, 0.717) is 18.0 Å². The Morgan fingerprint density at radius 3 is 2.79 bits per heavy atom. The van der Waals surface area contributed by atoms with Crippen molar-refractivity contribution in [1.29, 1.82) is 0 Å². The molecule has 0 aliphatic heterocycles. The molecule has 0 saturated carbocycles. The Balaban J connectivity index is 2.07. The lowest BCUT2D eigenvalue weighted by Crippen LogP contribution is -2.19.